The quantitative estimate of drug-likeness (QED) is 0.501. The van der Waals surface area contributed by atoms with Gasteiger partial charge in [-0.25, -0.2) is 9.59 Å². The topological polar surface area (TPSA) is 152 Å². The smallest absolute Gasteiger partial charge is 0.357 e. The summed E-state index contributed by atoms with van der Waals surface area (Å²) in [6, 6.07) is 2.80. The molecule has 1 aliphatic carbocycles. The summed E-state index contributed by atoms with van der Waals surface area (Å²) < 4.78 is 4.86. The zero-order valence-electron chi connectivity index (χ0n) is 13.9. The number of rotatable bonds is 6. The van der Waals surface area contributed by atoms with E-state index in [0.717, 1.165) is 12.8 Å². The van der Waals surface area contributed by atoms with Crippen LogP contribution in [0.3, 0.4) is 0 Å². The maximum atomic E-state index is 12.0. The van der Waals surface area contributed by atoms with Gasteiger partial charge >= 0.3 is 11.9 Å². The van der Waals surface area contributed by atoms with Crippen molar-refractivity contribution in [1.29, 1.82) is 0 Å². The minimum atomic E-state index is -2.06. The molecule has 0 aromatic carbocycles. The molecule has 26 heavy (non-hydrogen) atoms. The highest BCUT2D eigenvalue weighted by Crippen LogP contribution is 2.47. The number of esters is 1. The molecule has 2 heterocycles. The van der Waals surface area contributed by atoms with E-state index >= 15 is 0 Å². The Kier molecular flexibility index (Phi) is 6.75. The highest BCUT2D eigenvalue weighted by molar-refractivity contribution is 5.86. The molecule has 0 spiro atoms. The number of ether oxygens (including phenoxy) is 1. The maximum absolute atomic E-state index is 12.0. The summed E-state index contributed by atoms with van der Waals surface area (Å²) >= 11 is 0. The van der Waals surface area contributed by atoms with Crippen LogP contribution in [0.15, 0.2) is 24.5 Å². The number of nitrogens with zero attached hydrogens (tertiary/aromatic N) is 2. The molecule has 1 aliphatic heterocycles. The second kappa shape index (κ2) is 8.81. The molecule has 10 nitrogen and oxygen atoms in total. The van der Waals surface area contributed by atoms with E-state index in [9.17, 15) is 19.8 Å². The van der Waals surface area contributed by atoms with Gasteiger partial charge in [-0.05, 0) is 30.9 Å². The highest BCUT2D eigenvalue weighted by Gasteiger charge is 2.54. The number of aliphatic hydroxyl groups is 2. The molecule has 1 saturated carbocycles. The lowest BCUT2D eigenvalue weighted by atomic mass is 10.2. The van der Waals surface area contributed by atoms with Crippen molar-refractivity contribution in [3.8, 4) is 5.75 Å². The Morgan fingerprint density at radius 1 is 1.23 bits per heavy atom. The fourth-order valence-corrected chi connectivity index (χ4v) is 2.86. The summed E-state index contributed by atoms with van der Waals surface area (Å²) in [5.41, 5.74) is 5.63. The van der Waals surface area contributed by atoms with Crippen molar-refractivity contribution in [3.63, 3.8) is 0 Å². The summed E-state index contributed by atoms with van der Waals surface area (Å²) in [4.78, 5) is 40.7. The van der Waals surface area contributed by atoms with Gasteiger partial charge in [-0.2, -0.15) is 0 Å². The number of hydrogen-bond donors (Lipinski definition) is 3. The molecule has 1 aromatic heterocycles. The lowest BCUT2D eigenvalue weighted by molar-refractivity contribution is -0.214. The lowest BCUT2D eigenvalue weighted by Crippen LogP contribution is -2.47. The molecule has 1 saturated heterocycles. The van der Waals surface area contributed by atoms with E-state index in [-0.39, 0.29) is 17.8 Å². The van der Waals surface area contributed by atoms with E-state index in [1.807, 2.05) is 6.79 Å². The minimum Gasteiger partial charge on any atom is -0.424 e. The largest absolute Gasteiger partial charge is 0.424 e. The van der Waals surface area contributed by atoms with Crippen LogP contribution in [0.1, 0.15) is 12.8 Å². The number of carbonyl (C=O) groups excluding carboxylic acids is 3. The van der Waals surface area contributed by atoms with Crippen LogP contribution >= 0.6 is 0 Å². The van der Waals surface area contributed by atoms with Gasteiger partial charge in [0.05, 0.1) is 6.04 Å². The Morgan fingerprint density at radius 3 is 2.46 bits per heavy atom. The molecule has 142 valence electrons. The Bertz CT molecular complexity index is 630. The number of pyridine rings is 1. The van der Waals surface area contributed by atoms with E-state index in [1.165, 1.54) is 29.6 Å². The Hall–Kier alpha value is -2.40. The number of fused-ring (bicyclic) bond motifs is 1. The van der Waals surface area contributed by atoms with Crippen molar-refractivity contribution < 1.29 is 34.2 Å². The minimum absolute atomic E-state index is 0.106. The first-order valence-corrected chi connectivity index (χ1v) is 7.98. The number of aromatic nitrogens is 1. The third-order valence-electron chi connectivity index (χ3n) is 4.26. The molecule has 5 unspecified atom stereocenters. The Balaban J connectivity index is 0.00000117. The Morgan fingerprint density at radius 2 is 1.85 bits per heavy atom. The number of nitrogens with two attached hydrogens (primary N) is 1. The highest BCUT2D eigenvalue weighted by atomic mass is 16.7. The van der Waals surface area contributed by atoms with Crippen molar-refractivity contribution in [2.24, 2.45) is 11.7 Å². The first kappa shape index (κ1) is 19.9. The molecule has 10 heteroatoms. The molecule has 3 rings (SSSR count). The van der Waals surface area contributed by atoms with Gasteiger partial charge in [0.25, 0.3) is 0 Å². The lowest BCUT2D eigenvalue weighted by Gasteiger charge is -2.26. The molecule has 0 bridgehead atoms. The fraction of sp³-hybridized carbons (Fsp3) is 0.500. The second-order valence-electron chi connectivity index (χ2n) is 5.95. The number of aliphatic hydroxyl groups excluding tert-OH is 2. The van der Waals surface area contributed by atoms with Crippen molar-refractivity contribution >= 4 is 18.7 Å². The van der Waals surface area contributed by atoms with Gasteiger partial charge in [-0.3, -0.25) is 4.98 Å². The van der Waals surface area contributed by atoms with Crippen molar-refractivity contribution in [2.75, 3.05) is 6.54 Å². The monoisotopic (exact) mass is 367 g/mol. The summed E-state index contributed by atoms with van der Waals surface area (Å²) in [6.45, 7) is 2.32. The maximum Gasteiger partial charge on any atom is 0.357 e. The van der Waals surface area contributed by atoms with Crippen molar-refractivity contribution in [3.05, 3.63) is 24.5 Å². The van der Waals surface area contributed by atoms with Crippen LogP contribution in [-0.4, -0.2) is 69.8 Å². The van der Waals surface area contributed by atoms with Gasteiger partial charge in [0.2, 0.25) is 0 Å². The number of hydroxylamine groups is 2. The van der Waals surface area contributed by atoms with Gasteiger partial charge in [0, 0.05) is 25.0 Å². The molecule has 2 fully saturated rings. The third kappa shape index (κ3) is 4.41. The van der Waals surface area contributed by atoms with E-state index in [2.05, 4.69) is 4.98 Å². The summed E-state index contributed by atoms with van der Waals surface area (Å²) in [5, 5.41) is 21.1. The first-order chi connectivity index (χ1) is 12.5. The molecule has 2 aliphatic rings. The first-order valence-electron chi connectivity index (χ1n) is 7.98. The average Bonchev–Trinajstić information content (AvgIpc) is 3.37. The van der Waals surface area contributed by atoms with Gasteiger partial charge in [-0.15, -0.1) is 5.06 Å². The predicted octanol–water partition coefficient (Wildman–Crippen LogP) is -1.60. The molecule has 1 aromatic rings. The van der Waals surface area contributed by atoms with Crippen molar-refractivity contribution in [2.45, 2.75) is 37.1 Å². The van der Waals surface area contributed by atoms with Crippen molar-refractivity contribution in [1.82, 2.24) is 10.0 Å². The van der Waals surface area contributed by atoms with Gasteiger partial charge in [0.15, 0.2) is 12.2 Å². The third-order valence-corrected chi connectivity index (χ3v) is 4.26. The van der Waals surface area contributed by atoms with Crippen LogP contribution < -0.4 is 10.5 Å². The molecule has 4 N–H and O–H groups in total. The van der Waals surface area contributed by atoms with Gasteiger partial charge in [-0.1, -0.05) is 0 Å². The zero-order valence-corrected chi connectivity index (χ0v) is 13.9. The van der Waals surface area contributed by atoms with Crippen LogP contribution in [0, 0.1) is 5.92 Å². The fourth-order valence-electron chi connectivity index (χ4n) is 2.86. The summed E-state index contributed by atoms with van der Waals surface area (Å²) in [7, 11) is 0. The molecule has 0 radical (unpaired) electrons. The number of carbonyl (C=O) groups is 3. The van der Waals surface area contributed by atoms with Crippen LogP contribution in [0.2, 0.25) is 0 Å². The van der Waals surface area contributed by atoms with E-state index in [0.29, 0.717) is 12.5 Å². The number of hydrogen-bond acceptors (Lipinski definition) is 10. The standard InChI is InChI=1S/C15H19N3O6.CH2O/c16-7-9-5-8-6-11(8)18(9)24-15(22)13(20)12(19)14(21)23-10-1-3-17-4-2-10;1-2/h1-4,8-9,11-13,19-20H,5-7,16H2;1H2. The molecular formula is C16H21N3O7. The SMILES string of the molecule is C=O.NCC1CC2CC2N1OC(=O)C(O)C(O)C(=O)Oc1ccncc1. The van der Waals surface area contributed by atoms with Gasteiger partial charge < -0.3 is 30.3 Å². The van der Waals surface area contributed by atoms with Crippen LogP contribution in [-0.2, 0) is 19.2 Å². The number of piperidine rings is 1. The summed E-state index contributed by atoms with van der Waals surface area (Å²) in [6.07, 6.45) is 0.428. The Labute approximate surface area is 149 Å². The van der Waals surface area contributed by atoms with Crippen LogP contribution in [0.5, 0.6) is 5.75 Å². The molecule has 0 amide bonds. The van der Waals surface area contributed by atoms with E-state index in [1.54, 1.807) is 0 Å². The molecule has 5 atom stereocenters. The van der Waals surface area contributed by atoms with E-state index in [4.69, 9.17) is 20.1 Å². The van der Waals surface area contributed by atoms with E-state index < -0.39 is 24.1 Å². The molecular weight excluding hydrogens is 346 g/mol. The van der Waals surface area contributed by atoms with Crippen LogP contribution in [0.25, 0.3) is 0 Å². The normalized spacial score (nSPS) is 25.9. The zero-order chi connectivity index (χ0) is 19.3. The van der Waals surface area contributed by atoms with Gasteiger partial charge in [0.1, 0.15) is 12.5 Å². The summed E-state index contributed by atoms with van der Waals surface area (Å²) in [5.74, 6) is -1.69. The predicted molar refractivity (Wildman–Crippen MR) is 86.3 cm³/mol. The van der Waals surface area contributed by atoms with Crippen LogP contribution in [0.4, 0.5) is 0 Å². The average molecular weight is 367 g/mol. The second-order valence-corrected chi connectivity index (χ2v) is 5.95.